The van der Waals surface area contributed by atoms with Crippen LogP contribution in [0.15, 0.2) is 17.0 Å². The largest absolute Gasteiger partial charge is 0.397 e. The number of sulfonamides is 1. The van der Waals surface area contributed by atoms with Crippen LogP contribution in [0.5, 0.6) is 0 Å². The van der Waals surface area contributed by atoms with Gasteiger partial charge in [0, 0.05) is 6.54 Å². The summed E-state index contributed by atoms with van der Waals surface area (Å²) in [6.45, 7) is 2.23. The Morgan fingerprint density at radius 2 is 2.15 bits per heavy atom. The number of hydrogen-bond donors (Lipinski definition) is 1. The first-order valence-electron chi connectivity index (χ1n) is 6.35. The second-order valence-electron chi connectivity index (χ2n) is 5.08. The van der Waals surface area contributed by atoms with Crippen LogP contribution in [0.3, 0.4) is 0 Å². The van der Waals surface area contributed by atoms with E-state index in [0.717, 1.165) is 12.8 Å². The van der Waals surface area contributed by atoms with Gasteiger partial charge in [-0.2, -0.15) is 4.31 Å². The monoisotopic (exact) mass is 312 g/mol. The normalized spacial score (nSPS) is 15.3. The summed E-state index contributed by atoms with van der Waals surface area (Å²) in [5.41, 5.74) is 6.54. The molecular formula is C14H17ClN2O2S. The molecule has 6 heteroatoms. The minimum atomic E-state index is -3.64. The number of aryl methyl sites for hydroxylation is 1. The number of anilines is 1. The molecule has 1 aromatic rings. The molecule has 4 nitrogen and oxygen atoms in total. The summed E-state index contributed by atoms with van der Waals surface area (Å²) in [6, 6.07) is 2.97. The fraction of sp³-hybridized carbons (Fsp3) is 0.429. The molecule has 0 bridgehead atoms. The molecule has 1 aliphatic carbocycles. The van der Waals surface area contributed by atoms with Crippen molar-refractivity contribution in [1.29, 1.82) is 0 Å². The molecule has 0 unspecified atom stereocenters. The van der Waals surface area contributed by atoms with E-state index in [0.29, 0.717) is 23.0 Å². The highest BCUT2D eigenvalue weighted by Crippen LogP contribution is 2.33. The summed E-state index contributed by atoms with van der Waals surface area (Å²) in [6.07, 6.45) is 7.40. The van der Waals surface area contributed by atoms with Gasteiger partial charge in [0.1, 0.15) is 0 Å². The van der Waals surface area contributed by atoms with Gasteiger partial charge in [0.2, 0.25) is 10.0 Å². The lowest BCUT2D eigenvalue weighted by molar-refractivity contribution is 0.430. The van der Waals surface area contributed by atoms with Crippen molar-refractivity contribution in [1.82, 2.24) is 4.31 Å². The number of nitrogen functional groups attached to an aromatic ring is 1. The number of nitrogens with zero attached hydrogens (tertiary/aromatic N) is 1. The van der Waals surface area contributed by atoms with E-state index in [4.69, 9.17) is 23.8 Å². The average Bonchev–Trinajstić information content (AvgIpc) is 3.17. The molecule has 1 aliphatic rings. The maximum Gasteiger partial charge on any atom is 0.244 e. The van der Waals surface area contributed by atoms with E-state index in [1.807, 2.05) is 0 Å². The molecule has 0 saturated heterocycles. The van der Waals surface area contributed by atoms with Crippen LogP contribution in [-0.2, 0) is 10.0 Å². The molecular weight excluding hydrogens is 296 g/mol. The molecule has 2 rings (SSSR count). The zero-order valence-corrected chi connectivity index (χ0v) is 12.8. The smallest absolute Gasteiger partial charge is 0.244 e. The lowest BCUT2D eigenvalue weighted by Gasteiger charge is -2.21. The predicted octanol–water partition coefficient (Wildman–Crippen LogP) is 2.26. The van der Waals surface area contributed by atoms with E-state index in [1.54, 1.807) is 13.0 Å². The molecule has 20 heavy (non-hydrogen) atoms. The maximum absolute atomic E-state index is 12.7. The van der Waals surface area contributed by atoms with Gasteiger partial charge in [-0.05, 0) is 43.4 Å². The Labute approximate surface area is 125 Å². The topological polar surface area (TPSA) is 63.4 Å². The molecule has 2 N–H and O–H groups in total. The van der Waals surface area contributed by atoms with E-state index >= 15 is 0 Å². The summed E-state index contributed by atoms with van der Waals surface area (Å²) in [4.78, 5) is 0.176. The lowest BCUT2D eigenvalue weighted by atomic mass is 10.2. The minimum absolute atomic E-state index is 0.0702. The number of hydrogen-bond acceptors (Lipinski definition) is 3. The van der Waals surface area contributed by atoms with Crippen molar-refractivity contribution in [2.45, 2.75) is 24.7 Å². The van der Waals surface area contributed by atoms with Crippen LogP contribution in [0.25, 0.3) is 0 Å². The SMILES string of the molecule is C#CCN(CC1CC1)S(=O)(=O)c1cc(N)c(Cl)cc1C. The Kier molecular flexibility index (Phi) is 4.28. The lowest BCUT2D eigenvalue weighted by Crippen LogP contribution is -2.33. The first kappa shape index (κ1) is 15.2. The molecule has 0 radical (unpaired) electrons. The molecule has 0 amide bonds. The average molecular weight is 313 g/mol. The van der Waals surface area contributed by atoms with Crippen LogP contribution in [0.4, 0.5) is 5.69 Å². The molecule has 0 atom stereocenters. The van der Waals surface area contributed by atoms with Gasteiger partial charge in [0.25, 0.3) is 0 Å². The van der Waals surface area contributed by atoms with Crippen LogP contribution in [0.1, 0.15) is 18.4 Å². The van der Waals surface area contributed by atoms with Gasteiger partial charge in [-0.3, -0.25) is 0 Å². The van der Waals surface area contributed by atoms with Gasteiger partial charge in [0.15, 0.2) is 0 Å². The summed E-state index contributed by atoms with van der Waals surface area (Å²) in [5, 5.41) is 0.354. The van der Waals surface area contributed by atoms with Crippen molar-refractivity contribution in [3.63, 3.8) is 0 Å². The van der Waals surface area contributed by atoms with E-state index in [2.05, 4.69) is 5.92 Å². The Balaban J connectivity index is 2.41. The van der Waals surface area contributed by atoms with Crippen LogP contribution >= 0.6 is 11.6 Å². The maximum atomic E-state index is 12.7. The predicted molar refractivity (Wildman–Crippen MR) is 80.9 cm³/mol. The number of terminal acetylenes is 1. The van der Waals surface area contributed by atoms with Crippen LogP contribution in [0.2, 0.25) is 5.02 Å². The number of halogens is 1. The second kappa shape index (κ2) is 5.65. The molecule has 0 aromatic heterocycles. The third kappa shape index (κ3) is 3.09. The first-order valence-corrected chi connectivity index (χ1v) is 8.17. The zero-order valence-electron chi connectivity index (χ0n) is 11.3. The van der Waals surface area contributed by atoms with E-state index in [-0.39, 0.29) is 17.1 Å². The van der Waals surface area contributed by atoms with Gasteiger partial charge in [-0.25, -0.2) is 8.42 Å². The molecule has 1 saturated carbocycles. The number of nitrogens with two attached hydrogens (primary N) is 1. The van der Waals surface area contributed by atoms with E-state index in [9.17, 15) is 8.42 Å². The fourth-order valence-electron chi connectivity index (χ4n) is 2.02. The standard InChI is InChI=1S/C14H17ClN2O2S/c1-3-6-17(9-11-4-5-11)20(18,19)14-8-13(16)12(15)7-10(14)2/h1,7-8,11H,4-6,9,16H2,2H3. The van der Waals surface area contributed by atoms with Crippen molar-refractivity contribution < 1.29 is 8.42 Å². The highest BCUT2D eigenvalue weighted by atomic mass is 35.5. The van der Waals surface area contributed by atoms with Gasteiger partial charge in [-0.15, -0.1) is 6.42 Å². The van der Waals surface area contributed by atoms with E-state index < -0.39 is 10.0 Å². The third-order valence-corrected chi connectivity index (χ3v) is 5.62. The molecule has 0 heterocycles. The van der Waals surface area contributed by atoms with Gasteiger partial charge < -0.3 is 5.73 Å². The van der Waals surface area contributed by atoms with Crippen LogP contribution < -0.4 is 5.73 Å². The van der Waals surface area contributed by atoms with Crippen LogP contribution in [-0.4, -0.2) is 25.8 Å². The van der Waals surface area contributed by atoms with Crippen molar-refractivity contribution in [3.8, 4) is 12.3 Å². The summed E-state index contributed by atoms with van der Waals surface area (Å²) in [5.74, 6) is 2.83. The highest BCUT2D eigenvalue weighted by Gasteiger charge is 2.32. The van der Waals surface area contributed by atoms with E-state index in [1.165, 1.54) is 10.4 Å². The van der Waals surface area contributed by atoms with Crippen molar-refractivity contribution >= 4 is 27.3 Å². The molecule has 0 spiro atoms. The number of rotatable bonds is 5. The minimum Gasteiger partial charge on any atom is -0.397 e. The summed E-state index contributed by atoms with van der Waals surface area (Å²) < 4.78 is 26.8. The quantitative estimate of drug-likeness (QED) is 0.670. The molecule has 0 aliphatic heterocycles. The molecule has 1 aromatic carbocycles. The van der Waals surface area contributed by atoms with Crippen molar-refractivity contribution in [2.75, 3.05) is 18.8 Å². The first-order chi connectivity index (χ1) is 9.36. The highest BCUT2D eigenvalue weighted by molar-refractivity contribution is 7.89. The van der Waals surface area contributed by atoms with Crippen molar-refractivity contribution in [3.05, 3.63) is 22.7 Å². The third-order valence-electron chi connectivity index (χ3n) is 3.34. The van der Waals surface area contributed by atoms with Gasteiger partial charge >= 0.3 is 0 Å². The Bertz CT molecular complexity index is 660. The van der Waals surface area contributed by atoms with Gasteiger partial charge in [0.05, 0.1) is 22.2 Å². The summed E-state index contributed by atoms with van der Waals surface area (Å²) in [7, 11) is -3.64. The fourth-order valence-corrected chi connectivity index (χ4v) is 3.91. The Morgan fingerprint density at radius 1 is 1.50 bits per heavy atom. The van der Waals surface area contributed by atoms with Gasteiger partial charge in [-0.1, -0.05) is 17.5 Å². The summed E-state index contributed by atoms with van der Waals surface area (Å²) >= 11 is 5.91. The number of benzene rings is 1. The van der Waals surface area contributed by atoms with Crippen LogP contribution in [0, 0.1) is 25.2 Å². The van der Waals surface area contributed by atoms with Crippen molar-refractivity contribution in [2.24, 2.45) is 5.92 Å². The molecule has 108 valence electrons. The molecule has 1 fully saturated rings. The second-order valence-corrected chi connectivity index (χ2v) is 7.40. The Morgan fingerprint density at radius 3 is 2.70 bits per heavy atom. The zero-order chi connectivity index (χ0) is 14.9. The Hall–Kier alpha value is -1.22.